The van der Waals surface area contributed by atoms with Gasteiger partial charge in [0.05, 0.1) is 29.2 Å². The van der Waals surface area contributed by atoms with E-state index in [1.807, 2.05) is 41.9 Å². The molecule has 0 saturated heterocycles. The van der Waals surface area contributed by atoms with Gasteiger partial charge in [-0.15, -0.1) is 0 Å². The van der Waals surface area contributed by atoms with Gasteiger partial charge in [-0.05, 0) is 18.6 Å². The highest BCUT2D eigenvalue weighted by atomic mass is 127. The van der Waals surface area contributed by atoms with E-state index >= 15 is 0 Å². The number of amidine groups is 1. The summed E-state index contributed by atoms with van der Waals surface area (Å²) in [6, 6.07) is 3.83. The fraction of sp³-hybridized carbons (Fsp3) is 0.125. The van der Waals surface area contributed by atoms with Gasteiger partial charge in [0.2, 0.25) is 0 Å². The molecule has 0 aromatic carbocycles. The lowest BCUT2D eigenvalue weighted by molar-refractivity contribution is 1.22. The first-order valence-corrected chi connectivity index (χ1v) is 4.61. The second kappa shape index (κ2) is 4.90. The Hall–Kier alpha value is -0.980. The van der Waals surface area contributed by atoms with Crippen molar-refractivity contribution in [2.24, 2.45) is 13.9 Å². The largest absolute Gasteiger partial charge is 0.390 e. The van der Waals surface area contributed by atoms with Crippen molar-refractivity contribution in [2.75, 3.05) is 0 Å². The van der Waals surface area contributed by atoms with Crippen molar-refractivity contribution in [3.63, 3.8) is 0 Å². The molecule has 13 heavy (non-hydrogen) atoms. The minimum Gasteiger partial charge on any atom is -0.390 e. The first kappa shape index (κ1) is 10.1. The highest BCUT2D eigenvalue weighted by Gasteiger charge is 2.04. The maximum atomic E-state index is 5.19. The molecule has 4 nitrogen and oxygen atoms in total. The predicted molar refractivity (Wildman–Crippen MR) is 62.2 cm³/mol. The van der Waals surface area contributed by atoms with Crippen LogP contribution >= 0.6 is 22.9 Å². The predicted octanol–water partition coefficient (Wildman–Crippen LogP) is 1.47. The van der Waals surface area contributed by atoms with E-state index in [1.54, 1.807) is 6.20 Å². The number of aromatic nitrogens is 1. The summed E-state index contributed by atoms with van der Waals surface area (Å²) in [5, 5.41) is 0. The molecule has 0 aliphatic rings. The minimum atomic E-state index is 0.543. The van der Waals surface area contributed by atoms with Crippen molar-refractivity contribution in [1.82, 2.24) is 4.98 Å². The summed E-state index contributed by atoms with van der Waals surface area (Å²) in [6.07, 6.45) is 2.92. The molecule has 0 bridgehead atoms. The molecule has 0 atom stereocenters. The fourth-order valence-electron chi connectivity index (χ4n) is 0.913. The van der Waals surface area contributed by atoms with Crippen LogP contribution in [0.5, 0.6) is 0 Å². The third-order valence-electron chi connectivity index (χ3n) is 1.50. The Morgan fingerprint density at radius 2 is 2.46 bits per heavy atom. The standard InChI is InChI=1S/C8H9IN4/c1-6-3-2-4-11-7(6)8(13-9)12-5-10/h2-5H,1H3,(H2,10,12,13). The number of nitrogens with zero attached hydrogens (tertiary/aromatic N) is 3. The zero-order chi connectivity index (χ0) is 9.68. The highest BCUT2D eigenvalue weighted by molar-refractivity contribution is 14.1. The average molecular weight is 288 g/mol. The molecule has 0 radical (unpaired) electrons. The molecule has 0 fully saturated rings. The monoisotopic (exact) mass is 288 g/mol. The average Bonchev–Trinajstić information content (AvgIpc) is 2.16. The van der Waals surface area contributed by atoms with Crippen molar-refractivity contribution in [3.8, 4) is 0 Å². The van der Waals surface area contributed by atoms with Crippen LogP contribution in [0.15, 0.2) is 26.5 Å². The molecule has 68 valence electrons. The van der Waals surface area contributed by atoms with Gasteiger partial charge in [-0.25, -0.2) is 4.99 Å². The normalized spacial score (nSPS) is 12.3. The van der Waals surface area contributed by atoms with E-state index in [1.165, 1.54) is 6.34 Å². The van der Waals surface area contributed by atoms with Crippen molar-refractivity contribution >= 4 is 35.0 Å². The maximum Gasteiger partial charge on any atom is 0.185 e. The Balaban J connectivity index is 3.13. The summed E-state index contributed by atoms with van der Waals surface area (Å²) in [5.74, 6) is 0.543. The molecule has 0 aliphatic heterocycles. The summed E-state index contributed by atoms with van der Waals surface area (Å²) in [7, 11) is 0. The van der Waals surface area contributed by atoms with Gasteiger partial charge in [0.15, 0.2) is 5.84 Å². The summed E-state index contributed by atoms with van der Waals surface area (Å²) in [6.45, 7) is 1.95. The van der Waals surface area contributed by atoms with E-state index in [0.717, 1.165) is 11.3 Å². The van der Waals surface area contributed by atoms with E-state index in [4.69, 9.17) is 5.73 Å². The van der Waals surface area contributed by atoms with Gasteiger partial charge in [0.25, 0.3) is 0 Å². The minimum absolute atomic E-state index is 0.543. The van der Waals surface area contributed by atoms with E-state index in [2.05, 4.69) is 13.2 Å². The van der Waals surface area contributed by atoms with Crippen LogP contribution in [0.1, 0.15) is 11.3 Å². The van der Waals surface area contributed by atoms with Crippen molar-refractivity contribution in [2.45, 2.75) is 6.92 Å². The number of rotatable bonds is 1. The Morgan fingerprint density at radius 3 is 3.00 bits per heavy atom. The highest BCUT2D eigenvalue weighted by Crippen LogP contribution is 2.07. The fourth-order valence-corrected chi connectivity index (χ4v) is 1.27. The Labute approximate surface area is 90.5 Å². The van der Waals surface area contributed by atoms with Crippen molar-refractivity contribution in [3.05, 3.63) is 29.6 Å². The first-order valence-electron chi connectivity index (χ1n) is 3.64. The van der Waals surface area contributed by atoms with Crippen LogP contribution in [0, 0.1) is 6.92 Å². The number of pyridine rings is 1. The molecule has 1 heterocycles. The Morgan fingerprint density at radius 1 is 1.69 bits per heavy atom. The van der Waals surface area contributed by atoms with Gasteiger partial charge in [-0.1, -0.05) is 6.07 Å². The number of aliphatic imine (C=N–C) groups is 1. The zero-order valence-corrected chi connectivity index (χ0v) is 9.26. The van der Waals surface area contributed by atoms with E-state index in [-0.39, 0.29) is 0 Å². The molecular formula is C8H9IN4. The van der Waals surface area contributed by atoms with Crippen LogP contribution in [0.2, 0.25) is 0 Å². The molecule has 1 aromatic rings. The SMILES string of the molecule is Cc1cccnc1C(N=CN)=NI. The Kier molecular flexibility index (Phi) is 3.81. The van der Waals surface area contributed by atoms with Crippen molar-refractivity contribution < 1.29 is 0 Å². The lowest BCUT2D eigenvalue weighted by Gasteiger charge is -2.00. The molecule has 5 heteroatoms. The molecule has 0 spiro atoms. The lowest BCUT2D eigenvalue weighted by Crippen LogP contribution is -2.04. The molecule has 2 N–H and O–H groups in total. The van der Waals surface area contributed by atoms with Crippen LogP contribution in [0.25, 0.3) is 0 Å². The maximum absolute atomic E-state index is 5.19. The number of hydrogen-bond donors (Lipinski definition) is 1. The van der Waals surface area contributed by atoms with E-state index < -0.39 is 0 Å². The van der Waals surface area contributed by atoms with Gasteiger partial charge < -0.3 is 5.73 Å². The second-order valence-electron chi connectivity index (χ2n) is 2.36. The second-order valence-corrected chi connectivity index (χ2v) is 2.84. The molecular weight excluding hydrogens is 279 g/mol. The lowest BCUT2D eigenvalue weighted by atomic mass is 10.2. The molecule has 0 unspecified atom stereocenters. The third-order valence-corrected chi connectivity index (χ3v) is 1.96. The smallest absolute Gasteiger partial charge is 0.185 e. The van der Waals surface area contributed by atoms with E-state index in [0.29, 0.717) is 5.84 Å². The first-order chi connectivity index (χ1) is 6.29. The molecule has 0 aliphatic carbocycles. The Bertz CT molecular complexity index is 346. The molecule has 1 rings (SSSR count). The molecule has 0 amide bonds. The number of halogens is 1. The summed E-state index contributed by atoms with van der Waals surface area (Å²) >= 11 is 1.87. The van der Waals surface area contributed by atoms with Crippen LogP contribution in [0.3, 0.4) is 0 Å². The van der Waals surface area contributed by atoms with Gasteiger partial charge in [0, 0.05) is 6.20 Å². The van der Waals surface area contributed by atoms with Gasteiger partial charge in [0.1, 0.15) is 5.69 Å². The quantitative estimate of drug-likeness (QED) is 0.483. The summed E-state index contributed by atoms with van der Waals surface area (Å²) in [5.41, 5.74) is 6.98. The van der Waals surface area contributed by atoms with Crippen LogP contribution in [0.4, 0.5) is 0 Å². The van der Waals surface area contributed by atoms with Crippen molar-refractivity contribution in [1.29, 1.82) is 0 Å². The van der Waals surface area contributed by atoms with Gasteiger partial charge >= 0.3 is 0 Å². The van der Waals surface area contributed by atoms with Gasteiger partial charge in [-0.3, -0.25) is 4.98 Å². The van der Waals surface area contributed by atoms with E-state index in [9.17, 15) is 0 Å². The zero-order valence-electron chi connectivity index (χ0n) is 7.11. The summed E-state index contributed by atoms with van der Waals surface area (Å²) in [4.78, 5) is 8.07. The topological polar surface area (TPSA) is 63.6 Å². The van der Waals surface area contributed by atoms with Gasteiger partial charge in [-0.2, -0.15) is 3.21 Å². The van der Waals surface area contributed by atoms with Crippen LogP contribution in [-0.2, 0) is 0 Å². The summed E-state index contributed by atoms with van der Waals surface area (Å²) < 4.78 is 3.96. The third kappa shape index (κ3) is 2.48. The van der Waals surface area contributed by atoms with Crippen LogP contribution in [-0.4, -0.2) is 17.2 Å². The number of nitrogens with two attached hydrogens (primary N) is 1. The molecule has 0 saturated carbocycles. The number of aryl methyl sites for hydroxylation is 1. The number of hydrogen-bond acceptors (Lipinski definition) is 2. The molecule has 1 aromatic heterocycles. The van der Waals surface area contributed by atoms with Crippen LogP contribution < -0.4 is 5.73 Å².